The lowest BCUT2D eigenvalue weighted by molar-refractivity contribution is -0.220. The van der Waals surface area contributed by atoms with Crippen LogP contribution in [0.4, 0.5) is 0 Å². The van der Waals surface area contributed by atoms with Gasteiger partial charge in [0.15, 0.2) is 5.78 Å². The number of rotatable bonds is 2. The van der Waals surface area contributed by atoms with Crippen LogP contribution in [0.15, 0.2) is 47.4 Å². The first-order valence-corrected chi connectivity index (χ1v) is 8.79. The Kier molecular flexibility index (Phi) is 4.64. The van der Waals surface area contributed by atoms with Crippen LogP contribution in [0.1, 0.15) is 10.4 Å². The van der Waals surface area contributed by atoms with E-state index in [4.69, 9.17) is 9.47 Å². The van der Waals surface area contributed by atoms with Gasteiger partial charge in [-0.1, -0.05) is 12.1 Å². The van der Waals surface area contributed by atoms with Crippen molar-refractivity contribution in [1.29, 1.82) is 0 Å². The summed E-state index contributed by atoms with van der Waals surface area (Å²) < 4.78 is 11.1. The van der Waals surface area contributed by atoms with Crippen LogP contribution >= 0.6 is 0 Å². The molecule has 6 N–H and O–H groups in total. The minimum Gasteiger partial charge on any atom is -0.511 e. The Morgan fingerprint density at radius 2 is 1.71 bits per heavy atom. The van der Waals surface area contributed by atoms with Gasteiger partial charge in [0, 0.05) is 0 Å². The number of Topliss-reactive ketones (excluding diaryl/α,β-unsaturated/α-hetero) is 1. The molecule has 7 atom stereocenters. The van der Waals surface area contributed by atoms with E-state index in [1.54, 1.807) is 24.3 Å². The average Bonchev–Trinajstić information content (AvgIpc) is 2.67. The SMILES string of the molecule is O=C1c2ccccc2O[C@@H]2C=C(O)C([C@H]3O[C@@H](CO)[C@@H](O)[C@@H](O)[C@H]3O)=C(O)[C@@H]12. The molecule has 1 saturated heterocycles. The van der Waals surface area contributed by atoms with E-state index in [-0.39, 0.29) is 11.1 Å². The minimum absolute atomic E-state index is 0.262. The van der Waals surface area contributed by atoms with Crippen molar-refractivity contribution < 1.29 is 44.9 Å². The molecule has 1 aromatic rings. The van der Waals surface area contributed by atoms with Crippen molar-refractivity contribution in [2.24, 2.45) is 5.92 Å². The summed E-state index contributed by atoms with van der Waals surface area (Å²) in [4.78, 5) is 12.9. The number of benzene rings is 1. The third-order valence-electron chi connectivity index (χ3n) is 5.37. The van der Waals surface area contributed by atoms with Crippen LogP contribution < -0.4 is 4.74 Å². The Hall–Kier alpha value is -2.43. The lowest BCUT2D eigenvalue weighted by Gasteiger charge is -2.42. The number of fused-ring (bicyclic) bond motifs is 2. The van der Waals surface area contributed by atoms with E-state index < -0.39 is 66.5 Å². The summed E-state index contributed by atoms with van der Waals surface area (Å²) in [7, 11) is 0. The van der Waals surface area contributed by atoms with Gasteiger partial charge in [0.1, 0.15) is 59.8 Å². The Morgan fingerprint density at radius 1 is 1.00 bits per heavy atom. The molecule has 0 unspecified atom stereocenters. The summed E-state index contributed by atoms with van der Waals surface area (Å²) in [6.45, 7) is -0.665. The van der Waals surface area contributed by atoms with Gasteiger partial charge in [-0.2, -0.15) is 0 Å². The predicted octanol–water partition coefficient (Wildman–Crippen LogP) is -0.644. The molecule has 1 fully saturated rings. The highest BCUT2D eigenvalue weighted by molar-refractivity contribution is 6.03. The molecule has 9 heteroatoms. The molecule has 1 aliphatic carbocycles. The van der Waals surface area contributed by atoms with E-state index >= 15 is 0 Å². The van der Waals surface area contributed by atoms with Gasteiger partial charge in [0.05, 0.1) is 17.7 Å². The molecule has 4 rings (SSSR count). The van der Waals surface area contributed by atoms with Gasteiger partial charge in [-0.25, -0.2) is 0 Å². The molecule has 3 aliphatic rings. The number of carbonyl (C=O) groups is 1. The second-order valence-electron chi connectivity index (χ2n) is 7.02. The number of para-hydroxylation sites is 1. The first-order valence-electron chi connectivity index (χ1n) is 8.79. The van der Waals surface area contributed by atoms with Gasteiger partial charge in [-0.05, 0) is 18.2 Å². The molecule has 0 spiro atoms. The Labute approximate surface area is 159 Å². The van der Waals surface area contributed by atoms with Crippen molar-refractivity contribution in [3.05, 3.63) is 53.0 Å². The van der Waals surface area contributed by atoms with Gasteiger partial charge in [-0.15, -0.1) is 0 Å². The second kappa shape index (κ2) is 6.87. The zero-order valence-corrected chi connectivity index (χ0v) is 14.5. The molecule has 0 saturated carbocycles. The molecule has 28 heavy (non-hydrogen) atoms. The van der Waals surface area contributed by atoms with Crippen molar-refractivity contribution >= 4 is 5.78 Å². The third-order valence-corrected chi connectivity index (χ3v) is 5.37. The fraction of sp³-hybridized carbons (Fsp3) is 0.421. The van der Waals surface area contributed by atoms with Gasteiger partial charge >= 0.3 is 0 Å². The lowest BCUT2D eigenvalue weighted by atomic mass is 9.79. The number of hydrogen-bond acceptors (Lipinski definition) is 9. The van der Waals surface area contributed by atoms with Crippen LogP contribution in [0.2, 0.25) is 0 Å². The summed E-state index contributed by atoms with van der Waals surface area (Å²) in [6, 6.07) is 6.48. The standard InChI is InChI=1S/C19H20O9/c20-6-11-15(23)17(25)18(26)19(28-11)12-8(21)5-10-13(16(12)24)14(22)7-3-1-2-4-9(7)27-10/h1-5,10-11,13,15,17-21,23-26H,6H2/t10-,11+,13-,15-,17-,18-,19-/m1/s1. The van der Waals surface area contributed by atoms with E-state index in [0.717, 1.165) is 0 Å². The maximum absolute atomic E-state index is 12.9. The molecule has 0 radical (unpaired) electrons. The molecule has 0 bridgehead atoms. The van der Waals surface area contributed by atoms with Crippen LogP contribution in [0, 0.1) is 5.92 Å². The molecule has 150 valence electrons. The second-order valence-corrected chi connectivity index (χ2v) is 7.02. The van der Waals surface area contributed by atoms with Crippen LogP contribution in [-0.4, -0.2) is 79.7 Å². The molecule has 2 heterocycles. The largest absolute Gasteiger partial charge is 0.511 e. The molecular weight excluding hydrogens is 372 g/mol. The van der Waals surface area contributed by atoms with Gasteiger partial charge < -0.3 is 40.1 Å². The molecular formula is C19H20O9. The summed E-state index contributed by atoms with van der Waals surface area (Å²) >= 11 is 0. The Balaban J connectivity index is 1.75. The first kappa shape index (κ1) is 18.9. The zero-order valence-electron chi connectivity index (χ0n) is 14.5. The minimum atomic E-state index is -1.71. The van der Waals surface area contributed by atoms with Gasteiger partial charge in [0.2, 0.25) is 0 Å². The number of ketones is 1. The summed E-state index contributed by atoms with van der Waals surface area (Å²) in [5.74, 6) is -2.34. The van der Waals surface area contributed by atoms with E-state index in [1.165, 1.54) is 6.08 Å². The maximum Gasteiger partial charge on any atom is 0.181 e. The number of ether oxygens (including phenoxy) is 2. The number of aliphatic hydroxyl groups is 6. The van der Waals surface area contributed by atoms with Gasteiger partial charge in [-0.3, -0.25) is 4.79 Å². The van der Waals surface area contributed by atoms with E-state index in [2.05, 4.69) is 0 Å². The van der Waals surface area contributed by atoms with Crippen LogP contribution in [0.5, 0.6) is 5.75 Å². The number of hydrogen-bond donors (Lipinski definition) is 6. The molecule has 9 nitrogen and oxygen atoms in total. The van der Waals surface area contributed by atoms with Crippen molar-refractivity contribution in [2.45, 2.75) is 36.6 Å². The predicted molar refractivity (Wildman–Crippen MR) is 92.8 cm³/mol. The summed E-state index contributed by atoms with van der Waals surface area (Å²) in [6.07, 6.45) is -7.45. The Morgan fingerprint density at radius 3 is 2.43 bits per heavy atom. The lowest BCUT2D eigenvalue weighted by Crippen LogP contribution is -2.59. The summed E-state index contributed by atoms with van der Waals surface area (Å²) in [5.41, 5.74) is -0.0345. The van der Waals surface area contributed by atoms with Crippen LogP contribution in [0.25, 0.3) is 0 Å². The normalized spacial score (nSPS) is 37.6. The van der Waals surface area contributed by atoms with Crippen LogP contribution in [0.3, 0.4) is 0 Å². The van der Waals surface area contributed by atoms with Crippen molar-refractivity contribution in [1.82, 2.24) is 0 Å². The fourth-order valence-corrected chi connectivity index (χ4v) is 3.89. The van der Waals surface area contributed by atoms with Crippen molar-refractivity contribution in [3.63, 3.8) is 0 Å². The topological polar surface area (TPSA) is 157 Å². The van der Waals surface area contributed by atoms with E-state index in [9.17, 15) is 35.4 Å². The molecule has 0 aromatic heterocycles. The number of aliphatic hydroxyl groups excluding tert-OH is 6. The number of carbonyl (C=O) groups excluding carboxylic acids is 1. The van der Waals surface area contributed by atoms with Crippen LogP contribution in [-0.2, 0) is 4.74 Å². The quantitative estimate of drug-likeness (QED) is 0.385. The van der Waals surface area contributed by atoms with Crippen molar-refractivity contribution in [2.75, 3.05) is 6.61 Å². The highest BCUT2D eigenvalue weighted by Crippen LogP contribution is 2.41. The third kappa shape index (κ3) is 2.71. The fourth-order valence-electron chi connectivity index (χ4n) is 3.89. The highest BCUT2D eigenvalue weighted by Gasteiger charge is 2.50. The van der Waals surface area contributed by atoms with E-state index in [1.807, 2.05) is 0 Å². The molecule has 1 aromatic carbocycles. The highest BCUT2D eigenvalue weighted by atomic mass is 16.5. The molecule has 2 aliphatic heterocycles. The van der Waals surface area contributed by atoms with Crippen molar-refractivity contribution in [3.8, 4) is 5.75 Å². The monoisotopic (exact) mass is 392 g/mol. The molecule has 0 amide bonds. The summed E-state index contributed by atoms with van der Waals surface area (Å²) in [5, 5.41) is 60.8. The maximum atomic E-state index is 12.9. The first-order chi connectivity index (χ1) is 13.3. The van der Waals surface area contributed by atoms with E-state index in [0.29, 0.717) is 5.75 Å². The zero-order chi connectivity index (χ0) is 20.2. The average molecular weight is 392 g/mol. The smallest absolute Gasteiger partial charge is 0.181 e. The van der Waals surface area contributed by atoms with Gasteiger partial charge in [0.25, 0.3) is 0 Å². The Bertz CT molecular complexity index is 859.